The third kappa shape index (κ3) is 4.79. The van der Waals surface area contributed by atoms with E-state index in [4.69, 9.17) is 26.5 Å². The largest absolute Gasteiger partial charge is 0.465 e. The van der Waals surface area contributed by atoms with Gasteiger partial charge in [-0.2, -0.15) is 0 Å². The van der Waals surface area contributed by atoms with Gasteiger partial charge in [0.1, 0.15) is 17.1 Å². The van der Waals surface area contributed by atoms with E-state index < -0.39 is 5.97 Å². The van der Waals surface area contributed by atoms with E-state index in [1.807, 2.05) is 47.7 Å². The number of ether oxygens (including phenoxy) is 1. The van der Waals surface area contributed by atoms with Gasteiger partial charge in [0.05, 0.1) is 20.3 Å². The van der Waals surface area contributed by atoms with E-state index >= 15 is 0 Å². The number of aryl methyl sites for hydroxylation is 2. The van der Waals surface area contributed by atoms with Crippen LogP contribution in [0.3, 0.4) is 0 Å². The molecule has 9 heteroatoms. The quantitative estimate of drug-likeness (QED) is 0.294. The minimum absolute atomic E-state index is 0.411. The van der Waals surface area contributed by atoms with Gasteiger partial charge < -0.3 is 9.15 Å². The van der Waals surface area contributed by atoms with Gasteiger partial charge in [-0.15, -0.1) is 5.10 Å². The summed E-state index contributed by atoms with van der Waals surface area (Å²) in [5.41, 5.74) is 3.46. The number of carbonyl (C=O) groups excluding carboxylic acids is 1. The summed E-state index contributed by atoms with van der Waals surface area (Å²) in [5.74, 6) is 1.52. The van der Waals surface area contributed by atoms with Gasteiger partial charge in [0.2, 0.25) is 4.77 Å². The topological polar surface area (TPSA) is 78.3 Å². The number of methoxy groups -OCH3 is 1. The third-order valence-electron chi connectivity index (χ3n) is 5.25. The summed E-state index contributed by atoms with van der Waals surface area (Å²) in [5, 5.41) is 4.83. The SMILES string of the molecule is COC(=O)c1cc(CN(C)Cn2nc(-c3ccncc3)n(-c3ccc(C)cc3)c2=S)oc1C. The number of carbonyl (C=O) groups is 1. The standard InChI is InChI=1S/C24H25N5O3S/c1-16-5-7-19(8-6-16)29-22(18-9-11-25-12-10-18)26-28(24(29)33)15-27(3)14-20-13-21(17(2)32-20)23(30)31-4/h5-13H,14-15H2,1-4H3. The zero-order valence-electron chi connectivity index (χ0n) is 19.0. The number of rotatable bonds is 7. The molecule has 0 N–H and O–H groups in total. The van der Waals surface area contributed by atoms with Gasteiger partial charge in [0.25, 0.3) is 0 Å². The minimum atomic E-state index is -0.411. The van der Waals surface area contributed by atoms with Crippen LogP contribution in [0.5, 0.6) is 0 Å². The predicted octanol–water partition coefficient (Wildman–Crippen LogP) is 4.55. The fraction of sp³-hybridized carbons (Fsp3) is 0.250. The Balaban J connectivity index is 1.65. The van der Waals surface area contributed by atoms with Gasteiger partial charge in [0, 0.05) is 23.6 Å². The molecule has 0 unspecified atom stereocenters. The molecule has 0 saturated heterocycles. The lowest BCUT2D eigenvalue weighted by Crippen LogP contribution is -2.22. The van der Waals surface area contributed by atoms with Gasteiger partial charge >= 0.3 is 5.97 Å². The number of hydrogen-bond donors (Lipinski definition) is 0. The van der Waals surface area contributed by atoms with Crippen LogP contribution < -0.4 is 0 Å². The fourth-order valence-electron chi connectivity index (χ4n) is 3.59. The maximum atomic E-state index is 11.9. The van der Waals surface area contributed by atoms with Crippen molar-refractivity contribution in [3.05, 3.63) is 82.3 Å². The van der Waals surface area contributed by atoms with Gasteiger partial charge in [-0.1, -0.05) is 17.7 Å². The van der Waals surface area contributed by atoms with E-state index in [2.05, 4.69) is 17.1 Å². The average Bonchev–Trinajstić information content (AvgIpc) is 3.33. The van der Waals surface area contributed by atoms with Gasteiger partial charge in [-0.3, -0.25) is 14.5 Å². The summed E-state index contributed by atoms with van der Waals surface area (Å²) < 4.78 is 14.9. The molecule has 8 nitrogen and oxygen atoms in total. The Kier molecular flexibility index (Phi) is 6.52. The summed E-state index contributed by atoms with van der Waals surface area (Å²) in [6, 6.07) is 13.7. The Bertz CT molecular complexity index is 1320. The molecule has 0 amide bonds. The Morgan fingerprint density at radius 1 is 1.15 bits per heavy atom. The number of furan rings is 1. The summed E-state index contributed by atoms with van der Waals surface area (Å²) in [7, 11) is 3.29. The highest BCUT2D eigenvalue weighted by Gasteiger charge is 2.18. The summed E-state index contributed by atoms with van der Waals surface area (Å²) >= 11 is 5.82. The maximum Gasteiger partial charge on any atom is 0.341 e. The maximum absolute atomic E-state index is 11.9. The van der Waals surface area contributed by atoms with Crippen LogP contribution in [0, 0.1) is 18.6 Å². The number of hydrogen-bond acceptors (Lipinski definition) is 7. The van der Waals surface area contributed by atoms with Gasteiger partial charge in [0.15, 0.2) is 5.82 Å². The normalized spacial score (nSPS) is 11.2. The van der Waals surface area contributed by atoms with Crippen molar-refractivity contribution < 1.29 is 13.9 Å². The van der Waals surface area contributed by atoms with Crippen molar-refractivity contribution in [2.75, 3.05) is 14.2 Å². The van der Waals surface area contributed by atoms with E-state index in [0.717, 1.165) is 17.1 Å². The van der Waals surface area contributed by atoms with E-state index in [0.29, 0.717) is 35.1 Å². The number of aromatic nitrogens is 4. The van der Waals surface area contributed by atoms with Crippen molar-refractivity contribution in [3.63, 3.8) is 0 Å². The third-order valence-corrected chi connectivity index (χ3v) is 5.64. The van der Waals surface area contributed by atoms with Crippen LogP contribution in [0.4, 0.5) is 0 Å². The Hall–Kier alpha value is -3.56. The van der Waals surface area contributed by atoms with Crippen LogP contribution in [0.2, 0.25) is 0 Å². The fourth-order valence-corrected chi connectivity index (χ4v) is 3.88. The second-order valence-electron chi connectivity index (χ2n) is 7.84. The van der Waals surface area contributed by atoms with Crippen LogP contribution in [-0.2, 0) is 18.0 Å². The molecular weight excluding hydrogens is 438 g/mol. The minimum Gasteiger partial charge on any atom is -0.465 e. The summed E-state index contributed by atoms with van der Waals surface area (Å²) in [6.07, 6.45) is 3.47. The second-order valence-corrected chi connectivity index (χ2v) is 8.21. The Morgan fingerprint density at radius 2 is 1.85 bits per heavy atom. The number of benzene rings is 1. The van der Waals surface area contributed by atoms with Crippen LogP contribution >= 0.6 is 12.2 Å². The molecule has 0 bridgehead atoms. The summed E-state index contributed by atoms with van der Waals surface area (Å²) in [4.78, 5) is 18.0. The van der Waals surface area contributed by atoms with Crippen LogP contribution in [0.15, 0.2) is 59.3 Å². The van der Waals surface area contributed by atoms with Crippen LogP contribution in [0.1, 0.15) is 27.4 Å². The molecule has 0 aliphatic carbocycles. The van der Waals surface area contributed by atoms with Gasteiger partial charge in [-0.05, 0) is 63.4 Å². The molecule has 33 heavy (non-hydrogen) atoms. The molecule has 1 aromatic carbocycles. The highest BCUT2D eigenvalue weighted by atomic mass is 32.1. The Labute approximate surface area is 197 Å². The van der Waals surface area contributed by atoms with Crippen LogP contribution in [0.25, 0.3) is 17.1 Å². The second kappa shape index (κ2) is 9.51. The number of nitrogens with zero attached hydrogens (tertiary/aromatic N) is 5. The predicted molar refractivity (Wildman–Crippen MR) is 127 cm³/mol. The smallest absolute Gasteiger partial charge is 0.341 e. The lowest BCUT2D eigenvalue weighted by molar-refractivity contribution is 0.0599. The molecule has 3 heterocycles. The van der Waals surface area contributed by atoms with Crippen LogP contribution in [-0.4, -0.2) is 44.4 Å². The van der Waals surface area contributed by atoms with Crippen molar-refractivity contribution in [2.24, 2.45) is 0 Å². The van der Waals surface area contributed by atoms with Crippen molar-refractivity contribution in [2.45, 2.75) is 27.1 Å². The van der Waals surface area contributed by atoms with E-state index in [-0.39, 0.29) is 0 Å². The molecule has 170 valence electrons. The zero-order valence-corrected chi connectivity index (χ0v) is 19.8. The van der Waals surface area contributed by atoms with E-state index in [9.17, 15) is 4.79 Å². The first-order chi connectivity index (χ1) is 15.9. The molecule has 0 saturated carbocycles. The first kappa shape index (κ1) is 22.6. The highest BCUT2D eigenvalue weighted by molar-refractivity contribution is 7.71. The molecule has 4 rings (SSSR count). The lowest BCUT2D eigenvalue weighted by atomic mass is 10.2. The highest BCUT2D eigenvalue weighted by Crippen LogP contribution is 2.23. The average molecular weight is 464 g/mol. The molecular formula is C24H25N5O3S. The lowest BCUT2D eigenvalue weighted by Gasteiger charge is -2.14. The number of pyridine rings is 1. The monoisotopic (exact) mass is 463 g/mol. The first-order valence-corrected chi connectivity index (χ1v) is 10.8. The zero-order chi connectivity index (χ0) is 23.5. The van der Waals surface area contributed by atoms with E-state index in [1.165, 1.54) is 12.7 Å². The van der Waals surface area contributed by atoms with Crippen molar-refractivity contribution in [1.29, 1.82) is 0 Å². The molecule has 3 aromatic heterocycles. The first-order valence-electron chi connectivity index (χ1n) is 10.4. The Morgan fingerprint density at radius 3 is 2.52 bits per heavy atom. The molecule has 4 aromatic rings. The number of esters is 1. The molecule has 0 fully saturated rings. The molecule has 0 atom stereocenters. The van der Waals surface area contributed by atoms with Gasteiger partial charge in [-0.25, -0.2) is 9.48 Å². The van der Waals surface area contributed by atoms with Crippen molar-refractivity contribution >= 4 is 18.2 Å². The van der Waals surface area contributed by atoms with Crippen molar-refractivity contribution in [3.8, 4) is 17.1 Å². The molecule has 0 aliphatic rings. The van der Waals surface area contributed by atoms with Crippen molar-refractivity contribution in [1.82, 2.24) is 24.2 Å². The summed E-state index contributed by atoms with van der Waals surface area (Å²) in [6.45, 7) is 4.70. The molecule has 0 aliphatic heterocycles. The molecule has 0 spiro atoms. The van der Waals surface area contributed by atoms with E-state index in [1.54, 1.807) is 30.1 Å². The molecule has 0 radical (unpaired) electrons.